The Hall–Kier alpha value is -5.78. The van der Waals surface area contributed by atoms with Gasteiger partial charge in [-0.25, -0.2) is 0 Å². The van der Waals surface area contributed by atoms with Crippen LogP contribution in [0.4, 0.5) is 0 Å². The zero-order valence-corrected chi connectivity index (χ0v) is 53.6. The van der Waals surface area contributed by atoms with Gasteiger partial charge in [-0.2, -0.15) is 0 Å². The molecule has 4 heteroatoms. The molecule has 0 radical (unpaired) electrons. The van der Waals surface area contributed by atoms with Crippen LogP contribution >= 0.6 is 15.8 Å². The average Bonchev–Trinajstić information content (AvgIpc) is 3.46. The first-order valence-electron chi connectivity index (χ1n) is 28.5. The van der Waals surface area contributed by atoms with Crippen molar-refractivity contribution in [3.05, 3.63) is 203 Å². The van der Waals surface area contributed by atoms with Crippen molar-refractivity contribution in [3.8, 4) is 11.5 Å². The number of hydrogen-bond acceptors (Lipinski definition) is 2. The Kier molecular flexibility index (Phi) is 16.7. The molecule has 0 saturated heterocycles. The summed E-state index contributed by atoms with van der Waals surface area (Å²) in [5.41, 5.74) is 8.92. The number of hydrogen-bond donors (Lipinski definition) is 0. The molecule has 0 aliphatic carbocycles. The summed E-state index contributed by atoms with van der Waals surface area (Å²) in [4.78, 5) is 0. The van der Waals surface area contributed by atoms with Crippen molar-refractivity contribution in [2.45, 2.75) is 164 Å². The molecule has 0 fully saturated rings. The summed E-state index contributed by atoms with van der Waals surface area (Å²) in [5.74, 6) is 2.03. The van der Waals surface area contributed by atoms with E-state index in [1.807, 2.05) is 14.2 Å². The molecule has 9 aromatic carbocycles. The summed E-state index contributed by atoms with van der Waals surface area (Å²) in [6, 6.07) is 61.6. The van der Waals surface area contributed by atoms with Gasteiger partial charge in [-0.1, -0.05) is 252 Å². The van der Waals surface area contributed by atoms with E-state index in [1.54, 1.807) is 0 Å². The second-order valence-corrected chi connectivity index (χ2v) is 32.3. The Bertz CT molecular complexity index is 3270. The van der Waals surface area contributed by atoms with Crippen LogP contribution in [0.5, 0.6) is 11.5 Å². The van der Waals surface area contributed by atoms with Crippen molar-refractivity contribution in [2.24, 2.45) is 0 Å². The van der Waals surface area contributed by atoms with Gasteiger partial charge >= 0.3 is 0 Å². The van der Waals surface area contributed by atoms with Crippen molar-refractivity contribution in [3.63, 3.8) is 0 Å². The molecule has 412 valence electrons. The van der Waals surface area contributed by atoms with Crippen molar-refractivity contribution in [1.82, 2.24) is 0 Å². The third-order valence-corrected chi connectivity index (χ3v) is 20.5. The van der Waals surface area contributed by atoms with E-state index < -0.39 is 15.8 Å². The van der Waals surface area contributed by atoms with E-state index in [0.717, 1.165) is 11.5 Å². The van der Waals surface area contributed by atoms with E-state index in [0.29, 0.717) is 0 Å². The minimum Gasteiger partial charge on any atom is -0.496 e. The monoisotopic (exact) mass is 1080 g/mol. The zero-order chi connectivity index (χ0) is 57.8. The average molecular weight is 1090 g/mol. The lowest BCUT2D eigenvalue weighted by Crippen LogP contribution is -2.31. The van der Waals surface area contributed by atoms with E-state index >= 15 is 0 Å². The molecule has 0 atom stereocenters. The molecule has 9 aromatic rings. The van der Waals surface area contributed by atoms with Crippen LogP contribution in [0, 0.1) is 6.92 Å². The smallest absolute Gasteiger partial charge is 0.126 e. The first-order valence-corrected chi connectivity index (χ1v) is 31.2. The highest BCUT2D eigenvalue weighted by Gasteiger charge is 2.35. The Morgan fingerprint density at radius 1 is 0.278 bits per heavy atom. The molecular weight excluding hydrogens is 995 g/mol. The van der Waals surface area contributed by atoms with Crippen LogP contribution in [-0.4, -0.2) is 14.2 Å². The number of methoxy groups -OCH3 is 2. The molecule has 0 aromatic heterocycles. The van der Waals surface area contributed by atoms with Crippen LogP contribution in [0.2, 0.25) is 0 Å². The van der Waals surface area contributed by atoms with Crippen LogP contribution in [0.1, 0.15) is 164 Å². The molecule has 0 heterocycles. The lowest BCUT2D eigenvalue weighted by molar-refractivity contribution is 0.381. The summed E-state index contributed by atoms with van der Waals surface area (Å²) < 4.78 is 12.5. The molecule has 0 bridgehead atoms. The van der Waals surface area contributed by atoms with Crippen LogP contribution in [0.25, 0.3) is 32.3 Å². The van der Waals surface area contributed by atoms with Gasteiger partial charge in [-0.05, 0) is 172 Å². The van der Waals surface area contributed by atoms with Crippen molar-refractivity contribution in [1.29, 1.82) is 0 Å². The summed E-state index contributed by atoms with van der Waals surface area (Å²) in [6.07, 6.45) is 0. The molecule has 0 aliphatic heterocycles. The van der Waals surface area contributed by atoms with Gasteiger partial charge in [0.15, 0.2) is 0 Å². The van der Waals surface area contributed by atoms with Gasteiger partial charge in [0.25, 0.3) is 0 Å². The fourth-order valence-corrected chi connectivity index (χ4v) is 16.8. The van der Waals surface area contributed by atoms with Crippen LogP contribution < -0.4 is 41.3 Å². The molecule has 2 nitrogen and oxygen atoms in total. The van der Waals surface area contributed by atoms with Crippen LogP contribution in [0.3, 0.4) is 0 Å². The standard InChI is InChI=1S/C45H69O2P.C30H21P/c1-28-32(40(2,3)4)22-29(23-33(28)41(5,6)7)48(30-24-34(42(8,9)10)38(46-20)35(25-30)43(11,12)13)31-26-36(44(14,15)16)39(47-21)37(27-31)45(17,18)19;1-4-16-25-22(10-1)13-7-19-28(25)31(29-20-8-14-23-11-2-5-17-26(23)29)30-21-9-15-24-12-3-6-18-27(24)30/h22-27H,1-21H3;1-21H. The normalized spacial score (nSPS) is 12.8. The van der Waals surface area contributed by atoms with Crippen LogP contribution in [-0.2, 0) is 32.5 Å². The van der Waals surface area contributed by atoms with Gasteiger partial charge in [-0.15, -0.1) is 0 Å². The number of ether oxygens (including phenoxy) is 2. The maximum absolute atomic E-state index is 6.27. The second-order valence-electron chi connectivity index (χ2n) is 28.0. The third-order valence-electron chi connectivity index (χ3n) is 15.6. The fourth-order valence-electron chi connectivity index (χ4n) is 11.6. The molecular formula is C75H90O2P2. The van der Waals surface area contributed by atoms with Gasteiger partial charge in [-0.3, -0.25) is 0 Å². The largest absolute Gasteiger partial charge is 0.496 e. The van der Waals surface area contributed by atoms with Gasteiger partial charge in [0.1, 0.15) is 11.5 Å². The highest BCUT2D eigenvalue weighted by Crippen LogP contribution is 2.48. The topological polar surface area (TPSA) is 18.5 Å². The highest BCUT2D eigenvalue weighted by molar-refractivity contribution is 7.81. The maximum Gasteiger partial charge on any atom is 0.126 e. The zero-order valence-electron chi connectivity index (χ0n) is 51.8. The maximum atomic E-state index is 6.27. The van der Waals surface area contributed by atoms with Crippen LogP contribution in [0.15, 0.2) is 164 Å². The molecule has 0 saturated carbocycles. The van der Waals surface area contributed by atoms with Gasteiger partial charge in [0.2, 0.25) is 0 Å². The quantitative estimate of drug-likeness (QED) is 0.141. The lowest BCUT2D eigenvalue weighted by atomic mass is 9.77. The first-order chi connectivity index (χ1) is 36.8. The Morgan fingerprint density at radius 3 is 0.747 bits per heavy atom. The van der Waals surface area contributed by atoms with Gasteiger partial charge in [0.05, 0.1) is 14.2 Å². The summed E-state index contributed by atoms with van der Waals surface area (Å²) in [7, 11) is 1.94. The Labute approximate surface area is 479 Å². The molecule has 0 aliphatic rings. The third kappa shape index (κ3) is 12.4. The van der Waals surface area contributed by atoms with E-state index in [9.17, 15) is 0 Å². The SMILES string of the molecule is COc1c(C(C)(C)C)cc(P(c2cc(C(C)(C)C)c(C)c(C(C)(C)C)c2)c2cc(C(C)(C)C)c(OC)c(C(C)(C)C)c2)cc1C(C)(C)C.c1ccc2c(P(c3cccc4ccccc34)c3cccc4ccccc34)cccc2c1. The molecule has 79 heavy (non-hydrogen) atoms. The summed E-state index contributed by atoms with van der Waals surface area (Å²) >= 11 is 0. The predicted octanol–water partition coefficient (Wildman–Crippen LogP) is 18.5. The number of rotatable bonds is 8. The highest BCUT2D eigenvalue weighted by atomic mass is 31.1. The van der Waals surface area contributed by atoms with E-state index in [-0.39, 0.29) is 32.5 Å². The lowest BCUT2D eigenvalue weighted by Gasteiger charge is -2.35. The van der Waals surface area contributed by atoms with Crippen molar-refractivity contribution in [2.75, 3.05) is 14.2 Å². The van der Waals surface area contributed by atoms with Crippen molar-refractivity contribution >= 4 is 80.0 Å². The fraction of sp³-hybridized carbons (Fsp3) is 0.360. The predicted molar refractivity (Wildman–Crippen MR) is 353 cm³/mol. The summed E-state index contributed by atoms with van der Waals surface area (Å²) in [5, 5.41) is 16.3. The minimum atomic E-state index is -0.984. The van der Waals surface area contributed by atoms with E-state index in [1.165, 1.54) is 103 Å². The first kappa shape index (κ1) is 59.3. The molecule has 9 rings (SSSR count). The second kappa shape index (κ2) is 22.3. The molecule has 0 amide bonds. The molecule has 0 unspecified atom stereocenters. The number of benzene rings is 9. The Balaban J connectivity index is 0.000000226. The minimum absolute atomic E-state index is 0.00118. The van der Waals surface area contributed by atoms with E-state index in [4.69, 9.17) is 9.47 Å². The van der Waals surface area contributed by atoms with E-state index in [2.05, 4.69) is 295 Å². The summed E-state index contributed by atoms with van der Waals surface area (Å²) in [6.45, 7) is 44.3. The van der Waals surface area contributed by atoms with Gasteiger partial charge < -0.3 is 9.47 Å². The van der Waals surface area contributed by atoms with Crippen molar-refractivity contribution < 1.29 is 9.47 Å². The Morgan fingerprint density at radius 2 is 0.506 bits per heavy atom. The molecule has 0 spiro atoms. The number of fused-ring (bicyclic) bond motifs is 3. The molecule has 0 N–H and O–H groups in total. The van der Waals surface area contributed by atoms with Gasteiger partial charge in [0, 0.05) is 22.3 Å².